The van der Waals surface area contributed by atoms with E-state index in [1.807, 2.05) is 94.8 Å². The van der Waals surface area contributed by atoms with Gasteiger partial charge in [-0.3, -0.25) is 0 Å². The molecule has 3 heterocycles. The molecular weight excluding hydrogens is 567 g/mol. The Morgan fingerprint density at radius 3 is 1.50 bits per heavy atom. The molecule has 0 N–H and O–H groups in total. The van der Waals surface area contributed by atoms with Crippen LogP contribution in [0, 0.1) is 9.81 Å². The molecule has 0 amide bonds. The van der Waals surface area contributed by atoms with Gasteiger partial charge >= 0.3 is 0 Å². The molecule has 0 unspecified atom stereocenters. The minimum absolute atomic E-state index is 0.469. The molecule has 0 spiro atoms. The number of thioether (sulfide) groups is 6. The Morgan fingerprint density at radius 2 is 1.08 bits per heavy atom. The molecule has 36 heavy (non-hydrogen) atoms. The molecule has 5 rings (SSSR count). The molecule has 2 aliphatic rings. The van der Waals surface area contributed by atoms with Crippen LogP contribution in [0.1, 0.15) is 11.1 Å². The zero-order chi connectivity index (χ0) is 24.9. The second-order valence-electron chi connectivity index (χ2n) is 7.92. The fourth-order valence-electron chi connectivity index (χ4n) is 3.49. The lowest BCUT2D eigenvalue weighted by Crippen LogP contribution is -1.89. The topological polar surface area (TPSA) is 63.8 Å². The average molecular weight is 588 g/mol. The van der Waals surface area contributed by atoms with E-state index in [0.29, 0.717) is 11.4 Å². The molecule has 11 heteroatoms. The summed E-state index contributed by atoms with van der Waals surface area (Å²) in [5.41, 5.74) is 3.36. The number of aryl methyl sites for hydroxylation is 3. The van der Waals surface area contributed by atoms with E-state index in [9.17, 15) is 9.81 Å². The van der Waals surface area contributed by atoms with Crippen molar-refractivity contribution in [3.05, 3.63) is 98.8 Å². The van der Waals surface area contributed by atoms with Crippen LogP contribution in [0.2, 0.25) is 0 Å². The SMILES string of the molecule is Cn1cc2c(c1)SC(=C1SC(SCCc3ccc(N=O)cc3)=C(SCCc3ccc(N=O)cc3)S1)S2. The smallest absolute Gasteiger partial charge is 0.108 e. The van der Waals surface area contributed by atoms with E-state index in [-0.39, 0.29) is 0 Å². The molecule has 0 radical (unpaired) electrons. The molecule has 0 bridgehead atoms. The van der Waals surface area contributed by atoms with Crippen molar-refractivity contribution in [1.82, 2.24) is 4.57 Å². The van der Waals surface area contributed by atoms with Gasteiger partial charge in [-0.1, -0.05) is 71.3 Å². The largest absolute Gasteiger partial charge is 0.355 e. The monoisotopic (exact) mass is 587 g/mol. The number of fused-ring (bicyclic) bond motifs is 1. The highest BCUT2D eigenvalue weighted by Gasteiger charge is 2.29. The van der Waals surface area contributed by atoms with E-state index in [2.05, 4.69) is 34.4 Å². The first kappa shape index (κ1) is 26.1. The predicted molar refractivity (Wildman–Crippen MR) is 162 cm³/mol. The quantitative estimate of drug-likeness (QED) is 0.217. The highest BCUT2D eigenvalue weighted by molar-refractivity contribution is 8.42. The van der Waals surface area contributed by atoms with Crippen LogP contribution in [0.25, 0.3) is 0 Å². The van der Waals surface area contributed by atoms with Crippen LogP contribution in [0.4, 0.5) is 11.4 Å². The van der Waals surface area contributed by atoms with Crippen LogP contribution < -0.4 is 0 Å². The Labute approximate surface area is 235 Å². The maximum Gasteiger partial charge on any atom is 0.108 e. The van der Waals surface area contributed by atoms with Crippen LogP contribution >= 0.6 is 70.6 Å². The zero-order valence-electron chi connectivity index (χ0n) is 19.2. The number of hydrogen-bond donors (Lipinski definition) is 0. The number of rotatable bonds is 10. The molecule has 184 valence electrons. The number of nitrogens with zero attached hydrogens (tertiary/aromatic N) is 3. The molecule has 1 aromatic heterocycles. The van der Waals surface area contributed by atoms with Gasteiger partial charge < -0.3 is 4.57 Å². The summed E-state index contributed by atoms with van der Waals surface area (Å²) in [6.45, 7) is 0. The summed E-state index contributed by atoms with van der Waals surface area (Å²) in [7, 11) is 2.07. The number of benzene rings is 2. The lowest BCUT2D eigenvalue weighted by molar-refractivity contribution is 0.916. The normalized spacial score (nSPS) is 15.0. The van der Waals surface area contributed by atoms with Crippen molar-refractivity contribution in [3.8, 4) is 0 Å². The molecule has 0 fully saturated rings. The molecule has 5 nitrogen and oxygen atoms in total. The molecule has 0 saturated heterocycles. The van der Waals surface area contributed by atoms with Crippen molar-refractivity contribution >= 4 is 81.9 Å². The molecule has 3 aromatic rings. The summed E-state index contributed by atoms with van der Waals surface area (Å²) in [6, 6.07) is 15.1. The molecular formula is C25H21N3O2S6. The lowest BCUT2D eigenvalue weighted by atomic mass is 10.2. The van der Waals surface area contributed by atoms with E-state index in [0.717, 1.165) is 24.3 Å². The molecule has 2 aromatic carbocycles. The van der Waals surface area contributed by atoms with E-state index in [1.54, 1.807) is 24.3 Å². The third kappa shape index (κ3) is 6.49. The first-order chi connectivity index (χ1) is 17.6. The van der Waals surface area contributed by atoms with Crippen LogP contribution in [0.15, 0.2) is 98.0 Å². The van der Waals surface area contributed by atoms with Crippen molar-refractivity contribution in [1.29, 1.82) is 0 Å². The van der Waals surface area contributed by atoms with Crippen molar-refractivity contribution < 1.29 is 0 Å². The minimum atomic E-state index is 0.469. The van der Waals surface area contributed by atoms with Gasteiger partial charge in [0.15, 0.2) is 0 Å². The van der Waals surface area contributed by atoms with Crippen molar-refractivity contribution in [2.75, 3.05) is 11.5 Å². The van der Waals surface area contributed by atoms with Gasteiger partial charge in [0.1, 0.15) is 11.4 Å². The zero-order valence-corrected chi connectivity index (χ0v) is 24.1. The maximum atomic E-state index is 10.7. The van der Waals surface area contributed by atoms with Gasteiger partial charge in [0.25, 0.3) is 0 Å². The Balaban J connectivity index is 1.24. The summed E-state index contributed by atoms with van der Waals surface area (Å²) in [6.07, 6.45) is 6.27. The fourth-order valence-corrected chi connectivity index (χ4v) is 12.4. The van der Waals surface area contributed by atoms with Crippen molar-refractivity contribution in [2.45, 2.75) is 22.6 Å². The van der Waals surface area contributed by atoms with Gasteiger partial charge in [0.05, 0.1) is 16.9 Å². The summed E-state index contributed by atoms with van der Waals surface area (Å²) < 4.78 is 7.61. The summed E-state index contributed by atoms with van der Waals surface area (Å²) in [4.78, 5) is 24.0. The fraction of sp³-hybridized carbons (Fsp3) is 0.200. The molecule has 0 atom stereocenters. The predicted octanol–water partition coefficient (Wildman–Crippen LogP) is 9.70. The second-order valence-corrected chi connectivity index (χ2v) is 15.3. The van der Waals surface area contributed by atoms with Gasteiger partial charge in [0, 0.05) is 40.7 Å². The highest BCUT2D eigenvalue weighted by Crippen LogP contribution is 2.64. The summed E-state index contributed by atoms with van der Waals surface area (Å²) >= 11 is 11.4. The standard InChI is InChI=1S/C25H21N3O2S6/c1-28-14-20-21(15-28)34-24(33-20)25-35-22(31-12-10-16-2-6-18(26-29)7-3-16)23(36-25)32-13-11-17-4-8-19(27-30)9-5-17/h2-9,14-15H,10-13H2,1H3. The first-order valence-corrected chi connectivity index (χ1v) is 16.3. The van der Waals surface area contributed by atoms with Gasteiger partial charge in [-0.15, -0.1) is 33.3 Å². The van der Waals surface area contributed by atoms with E-state index < -0.39 is 0 Å². The third-order valence-corrected chi connectivity index (χ3v) is 13.9. The second kappa shape index (κ2) is 12.4. The summed E-state index contributed by atoms with van der Waals surface area (Å²) in [5, 5.41) is 5.97. The summed E-state index contributed by atoms with van der Waals surface area (Å²) in [5.74, 6) is 1.95. The first-order valence-electron chi connectivity index (χ1n) is 11.1. The van der Waals surface area contributed by atoms with Crippen LogP contribution in [0.3, 0.4) is 0 Å². The molecule has 0 saturated carbocycles. The van der Waals surface area contributed by atoms with E-state index in [1.165, 1.54) is 37.9 Å². The van der Waals surface area contributed by atoms with Gasteiger partial charge in [-0.25, -0.2) is 0 Å². The van der Waals surface area contributed by atoms with Crippen LogP contribution in [-0.2, 0) is 19.9 Å². The van der Waals surface area contributed by atoms with Crippen molar-refractivity contribution in [3.63, 3.8) is 0 Å². The molecule has 0 aliphatic carbocycles. The Hall–Kier alpha value is -1.50. The Bertz CT molecular complexity index is 1240. The Kier molecular flexibility index (Phi) is 8.97. The van der Waals surface area contributed by atoms with E-state index in [4.69, 9.17) is 0 Å². The van der Waals surface area contributed by atoms with Gasteiger partial charge in [-0.05, 0) is 58.6 Å². The third-order valence-electron chi connectivity index (χ3n) is 5.33. The van der Waals surface area contributed by atoms with Crippen LogP contribution in [-0.4, -0.2) is 16.1 Å². The van der Waals surface area contributed by atoms with Gasteiger partial charge in [-0.2, -0.15) is 0 Å². The van der Waals surface area contributed by atoms with E-state index >= 15 is 0 Å². The van der Waals surface area contributed by atoms with Gasteiger partial charge in [0.2, 0.25) is 0 Å². The minimum Gasteiger partial charge on any atom is -0.355 e. The highest BCUT2D eigenvalue weighted by atomic mass is 32.3. The lowest BCUT2D eigenvalue weighted by Gasteiger charge is -2.06. The number of aromatic nitrogens is 1. The number of hydrogen-bond acceptors (Lipinski definition) is 10. The molecule has 2 aliphatic heterocycles. The van der Waals surface area contributed by atoms with Crippen LogP contribution in [0.5, 0.6) is 0 Å². The average Bonchev–Trinajstić information content (AvgIpc) is 3.58. The van der Waals surface area contributed by atoms with Crippen molar-refractivity contribution in [2.24, 2.45) is 17.4 Å². The maximum absolute atomic E-state index is 10.7. The Morgan fingerprint density at radius 1 is 0.667 bits per heavy atom. The number of nitroso groups, excluding NO2 is 2.